The fraction of sp³-hybridized carbons (Fsp3) is 0.321. The largest absolute Gasteiger partial charge is 0.497 e. The van der Waals surface area contributed by atoms with Crippen LogP contribution in [0.2, 0.25) is 0 Å². The molecule has 3 rings (SSSR count). The Morgan fingerprint density at radius 1 is 0.914 bits per heavy atom. The van der Waals surface area contributed by atoms with E-state index >= 15 is 0 Å². The lowest BCUT2D eigenvalue weighted by Gasteiger charge is -2.26. The molecule has 0 saturated heterocycles. The van der Waals surface area contributed by atoms with Gasteiger partial charge in [-0.3, -0.25) is 4.79 Å². The maximum atomic E-state index is 13.7. The van der Waals surface area contributed by atoms with Crippen LogP contribution in [0, 0.1) is 5.92 Å². The van der Waals surface area contributed by atoms with E-state index in [-0.39, 0.29) is 17.7 Å². The van der Waals surface area contributed by atoms with Crippen LogP contribution in [0.3, 0.4) is 0 Å². The first-order chi connectivity index (χ1) is 16.8. The van der Waals surface area contributed by atoms with Gasteiger partial charge in [0, 0.05) is 5.25 Å². The molecule has 35 heavy (non-hydrogen) atoms. The van der Waals surface area contributed by atoms with Gasteiger partial charge in [-0.1, -0.05) is 67.1 Å². The zero-order valence-corrected chi connectivity index (χ0v) is 21.5. The van der Waals surface area contributed by atoms with Gasteiger partial charge < -0.3 is 9.84 Å². The molecule has 2 unspecified atom stereocenters. The smallest absolute Gasteiger partial charge is 0.307 e. The van der Waals surface area contributed by atoms with Crippen molar-refractivity contribution in [1.29, 1.82) is 0 Å². The monoisotopic (exact) mass is 512 g/mol. The van der Waals surface area contributed by atoms with Crippen molar-refractivity contribution in [2.24, 2.45) is 5.92 Å². The average molecular weight is 513 g/mol. The number of carboxylic acid groups (broad SMARTS) is 1. The van der Waals surface area contributed by atoms with Crippen LogP contribution in [0.5, 0.6) is 5.75 Å². The Kier molecular flexibility index (Phi) is 9.81. The molecule has 3 aromatic carbocycles. The topological polar surface area (TPSA) is 80.7 Å². The molecule has 0 heterocycles. The molecule has 3 atom stereocenters. The van der Waals surface area contributed by atoms with Crippen LogP contribution in [-0.4, -0.2) is 31.9 Å². The van der Waals surface area contributed by atoms with Crippen LogP contribution in [0.4, 0.5) is 0 Å². The highest BCUT2D eigenvalue weighted by Crippen LogP contribution is 2.35. The molecule has 0 fully saturated rings. The summed E-state index contributed by atoms with van der Waals surface area (Å²) in [6, 6.07) is 25.5. The number of ether oxygens (including phenoxy) is 1. The lowest BCUT2D eigenvalue weighted by Crippen LogP contribution is -2.36. The maximum absolute atomic E-state index is 13.7. The number of carbonyl (C=O) groups is 1. The van der Waals surface area contributed by atoms with Crippen LogP contribution in [0.25, 0.3) is 0 Å². The molecule has 3 aromatic rings. The minimum Gasteiger partial charge on any atom is -0.497 e. The molecule has 7 heteroatoms. The summed E-state index contributed by atoms with van der Waals surface area (Å²) in [5, 5.41) is 8.69. The molecule has 1 N–H and O–H groups in total. The molecule has 186 valence electrons. The second-order valence-electron chi connectivity index (χ2n) is 8.60. The maximum Gasteiger partial charge on any atom is 0.307 e. The lowest BCUT2D eigenvalue weighted by atomic mass is 9.92. The first kappa shape index (κ1) is 26.8. The van der Waals surface area contributed by atoms with Gasteiger partial charge in [0.15, 0.2) is 9.84 Å². The van der Waals surface area contributed by atoms with Gasteiger partial charge in [-0.25, -0.2) is 8.42 Å². The summed E-state index contributed by atoms with van der Waals surface area (Å²) in [5.74, 6) is -1.68. The summed E-state index contributed by atoms with van der Waals surface area (Å²) in [6.07, 6.45) is 2.55. The summed E-state index contributed by atoms with van der Waals surface area (Å²) in [7, 11) is -2.40. The summed E-state index contributed by atoms with van der Waals surface area (Å²) >= 11 is 4.64. The lowest BCUT2D eigenvalue weighted by molar-refractivity contribution is -0.142. The second-order valence-corrected chi connectivity index (χ2v) is 11.4. The molecule has 0 aromatic heterocycles. The molecular weight excluding hydrogens is 480 g/mol. The number of hydrogen-bond acceptors (Lipinski definition) is 5. The van der Waals surface area contributed by atoms with Crippen molar-refractivity contribution >= 4 is 28.4 Å². The van der Waals surface area contributed by atoms with Gasteiger partial charge in [-0.05, 0) is 61.1 Å². The molecule has 0 bridgehead atoms. The van der Waals surface area contributed by atoms with E-state index in [1.54, 1.807) is 12.1 Å². The van der Waals surface area contributed by atoms with Crippen molar-refractivity contribution in [1.82, 2.24) is 0 Å². The standard InChI is InChI=1S/C28H32O5S2/c1-33-23-16-18-24(19-17-23)35(31,32)27(15-9-8-12-21-10-4-2-5-11-21)25(28(29)30)20-26(34)22-13-6-3-7-14-22/h2-7,10-11,13-14,16-19,25-27,34H,8-9,12,15,20H2,1H3,(H,29,30)/t25?,26?,27-/m1/s1. The third-order valence-corrected chi connectivity index (χ3v) is 9.06. The number of sulfone groups is 1. The molecule has 0 aliphatic heterocycles. The molecule has 0 spiro atoms. The van der Waals surface area contributed by atoms with Crippen molar-refractivity contribution in [3.05, 3.63) is 96.1 Å². The summed E-state index contributed by atoms with van der Waals surface area (Å²) < 4.78 is 32.6. The van der Waals surface area contributed by atoms with Crippen LogP contribution in [-0.2, 0) is 21.1 Å². The van der Waals surface area contributed by atoms with Gasteiger partial charge >= 0.3 is 5.97 Å². The van der Waals surface area contributed by atoms with E-state index in [2.05, 4.69) is 12.6 Å². The minimum absolute atomic E-state index is 0.105. The van der Waals surface area contributed by atoms with Gasteiger partial charge in [0.2, 0.25) is 0 Å². The van der Waals surface area contributed by atoms with Crippen molar-refractivity contribution in [3.8, 4) is 5.75 Å². The Labute approximate surface area is 213 Å². The number of methoxy groups -OCH3 is 1. The van der Waals surface area contributed by atoms with Gasteiger partial charge in [-0.15, -0.1) is 0 Å². The van der Waals surface area contributed by atoms with Crippen LogP contribution >= 0.6 is 12.6 Å². The fourth-order valence-electron chi connectivity index (χ4n) is 4.30. The molecule has 5 nitrogen and oxygen atoms in total. The molecule has 0 aliphatic carbocycles. The van der Waals surface area contributed by atoms with E-state index in [0.717, 1.165) is 18.4 Å². The number of hydrogen-bond donors (Lipinski definition) is 2. The zero-order chi connectivity index (χ0) is 25.3. The average Bonchev–Trinajstić information content (AvgIpc) is 2.88. The first-order valence-electron chi connectivity index (χ1n) is 11.7. The normalized spacial score (nSPS) is 14.1. The summed E-state index contributed by atoms with van der Waals surface area (Å²) in [6.45, 7) is 0. The second kappa shape index (κ2) is 12.8. The quantitative estimate of drug-likeness (QED) is 0.216. The minimum atomic E-state index is -3.91. The van der Waals surface area contributed by atoms with Gasteiger partial charge in [0.1, 0.15) is 5.75 Å². The number of aryl methyl sites for hydroxylation is 1. The predicted molar refractivity (Wildman–Crippen MR) is 142 cm³/mol. The van der Waals surface area contributed by atoms with E-state index in [9.17, 15) is 18.3 Å². The number of rotatable bonds is 13. The van der Waals surface area contributed by atoms with E-state index < -0.39 is 32.2 Å². The highest BCUT2D eigenvalue weighted by atomic mass is 32.2. The van der Waals surface area contributed by atoms with Crippen LogP contribution < -0.4 is 4.74 Å². The molecule has 0 radical (unpaired) electrons. The summed E-state index contributed by atoms with van der Waals surface area (Å²) in [5.41, 5.74) is 2.04. The van der Waals surface area contributed by atoms with Gasteiger partial charge in [-0.2, -0.15) is 12.6 Å². The Morgan fingerprint density at radius 2 is 1.51 bits per heavy atom. The molecular formula is C28H32O5S2. The molecule has 0 saturated carbocycles. The number of unbranched alkanes of at least 4 members (excludes halogenated alkanes) is 1. The Balaban J connectivity index is 1.85. The van der Waals surface area contributed by atoms with Crippen molar-refractivity contribution < 1.29 is 23.1 Å². The highest BCUT2D eigenvalue weighted by molar-refractivity contribution is 7.92. The Bertz CT molecular complexity index is 1160. The van der Waals surface area contributed by atoms with E-state index in [0.29, 0.717) is 12.2 Å². The highest BCUT2D eigenvalue weighted by Gasteiger charge is 2.39. The van der Waals surface area contributed by atoms with Gasteiger partial charge in [0.25, 0.3) is 0 Å². The third-order valence-electron chi connectivity index (χ3n) is 6.26. The van der Waals surface area contributed by atoms with E-state index in [1.165, 1.54) is 24.8 Å². The predicted octanol–water partition coefficient (Wildman–Crippen LogP) is 6.01. The van der Waals surface area contributed by atoms with Crippen LogP contribution in [0.15, 0.2) is 89.8 Å². The van der Waals surface area contributed by atoms with Gasteiger partial charge in [0.05, 0.1) is 23.2 Å². The van der Waals surface area contributed by atoms with Crippen molar-refractivity contribution in [2.75, 3.05) is 7.11 Å². The number of aliphatic carboxylic acids is 1. The van der Waals surface area contributed by atoms with Crippen molar-refractivity contribution in [2.45, 2.75) is 47.5 Å². The zero-order valence-electron chi connectivity index (χ0n) is 19.8. The fourth-order valence-corrected chi connectivity index (χ4v) is 6.70. The Hall–Kier alpha value is -2.77. The van der Waals surface area contributed by atoms with E-state index in [1.807, 2.05) is 60.7 Å². The number of carboxylic acids is 1. The Morgan fingerprint density at radius 3 is 2.09 bits per heavy atom. The molecule has 0 aliphatic rings. The number of thiol groups is 1. The van der Waals surface area contributed by atoms with Crippen LogP contribution in [0.1, 0.15) is 42.1 Å². The SMILES string of the molecule is COc1ccc(S(=O)(=O)[C@H](CCCCc2ccccc2)C(CC(S)c2ccccc2)C(=O)O)cc1. The number of benzene rings is 3. The van der Waals surface area contributed by atoms with Crippen molar-refractivity contribution in [3.63, 3.8) is 0 Å². The molecule has 0 amide bonds. The third kappa shape index (κ3) is 7.36. The summed E-state index contributed by atoms with van der Waals surface area (Å²) in [4.78, 5) is 12.5. The van der Waals surface area contributed by atoms with E-state index in [4.69, 9.17) is 4.74 Å². The first-order valence-corrected chi connectivity index (χ1v) is 13.8.